The molecule has 1 fully saturated rings. The number of sulfonamides is 1. The molecule has 1 aromatic rings. The Balaban J connectivity index is 2.15. The van der Waals surface area contributed by atoms with Gasteiger partial charge in [0.05, 0.1) is 5.56 Å². The highest BCUT2D eigenvalue weighted by Crippen LogP contribution is 2.09. The Bertz CT molecular complexity index is 611. The molecule has 1 atom stereocenters. The summed E-state index contributed by atoms with van der Waals surface area (Å²) in [6.07, 6.45) is 1.04. The van der Waals surface area contributed by atoms with Gasteiger partial charge in [-0.25, -0.2) is 22.9 Å². The summed E-state index contributed by atoms with van der Waals surface area (Å²) >= 11 is 0. The highest BCUT2D eigenvalue weighted by atomic mass is 32.2. The van der Waals surface area contributed by atoms with Crippen LogP contribution in [0, 0.1) is 0 Å². The lowest BCUT2D eigenvalue weighted by molar-refractivity contribution is -0.119. The van der Waals surface area contributed by atoms with Gasteiger partial charge in [-0.3, -0.25) is 4.79 Å². The molecule has 0 bridgehead atoms. The summed E-state index contributed by atoms with van der Waals surface area (Å²) in [6, 6.07) is 1.75. The number of carbonyl (C=O) groups excluding carboxylic acids is 1. The zero-order valence-corrected chi connectivity index (χ0v) is 10.5. The van der Waals surface area contributed by atoms with Crippen LogP contribution in [0.1, 0.15) is 16.8 Å². The number of hydrogen-bond acceptors (Lipinski definition) is 5. The summed E-state index contributed by atoms with van der Waals surface area (Å²) < 4.78 is 26.2. The third-order valence-corrected chi connectivity index (χ3v) is 3.99. The molecular weight excluding hydrogens is 274 g/mol. The molecular formula is C10H11N3O5S. The molecule has 2 heterocycles. The van der Waals surface area contributed by atoms with E-state index in [4.69, 9.17) is 5.11 Å². The minimum atomic E-state index is -3.86. The number of carboxylic acid groups (broad SMARTS) is 1. The summed E-state index contributed by atoms with van der Waals surface area (Å²) in [4.78, 5) is 25.2. The van der Waals surface area contributed by atoms with Crippen LogP contribution in [0.15, 0.2) is 23.4 Å². The van der Waals surface area contributed by atoms with Crippen LogP contribution >= 0.6 is 0 Å². The fourth-order valence-corrected chi connectivity index (χ4v) is 2.80. The lowest BCUT2D eigenvalue weighted by Gasteiger charge is -2.10. The molecule has 0 saturated carbocycles. The van der Waals surface area contributed by atoms with E-state index >= 15 is 0 Å². The van der Waals surface area contributed by atoms with E-state index in [9.17, 15) is 18.0 Å². The van der Waals surface area contributed by atoms with Gasteiger partial charge in [0.2, 0.25) is 5.91 Å². The van der Waals surface area contributed by atoms with E-state index in [2.05, 4.69) is 15.0 Å². The first-order valence-electron chi connectivity index (χ1n) is 5.37. The quantitative estimate of drug-likeness (QED) is 0.648. The number of hydrogen-bond donors (Lipinski definition) is 3. The van der Waals surface area contributed by atoms with Crippen LogP contribution in [0.3, 0.4) is 0 Å². The van der Waals surface area contributed by atoms with Crippen molar-refractivity contribution in [2.45, 2.75) is 17.5 Å². The van der Waals surface area contributed by atoms with Crippen molar-refractivity contribution in [2.24, 2.45) is 0 Å². The van der Waals surface area contributed by atoms with Crippen molar-refractivity contribution in [1.82, 2.24) is 15.0 Å². The van der Waals surface area contributed by atoms with Crippen LogP contribution in [-0.4, -0.2) is 43.0 Å². The maximum absolute atomic E-state index is 11.9. The molecule has 3 N–H and O–H groups in total. The van der Waals surface area contributed by atoms with Gasteiger partial charge in [0, 0.05) is 25.2 Å². The molecule has 1 saturated heterocycles. The number of aromatic nitrogens is 1. The van der Waals surface area contributed by atoms with E-state index in [0.29, 0.717) is 0 Å². The zero-order chi connectivity index (χ0) is 14.0. The largest absolute Gasteiger partial charge is 0.478 e. The molecule has 19 heavy (non-hydrogen) atoms. The molecule has 1 aromatic heterocycles. The Hall–Kier alpha value is -2.00. The van der Waals surface area contributed by atoms with Crippen molar-refractivity contribution < 1.29 is 23.1 Å². The monoisotopic (exact) mass is 285 g/mol. The van der Waals surface area contributed by atoms with Crippen molar-refractivity contribution in [1.29, 1.82) is 0 Å². The predicted octanol–water partition coefficient (Wildman–Crippen LogP) is -1.05. The molecule has 2 rings (SSSR count). The Morgan fingerprint density at radius 1 is 1.47 bits per heavy atom. The molecule has 1 amide bonds. The van der Waals surface area contributed by atoms with E-state index in [1.807, 2.05) is 0 Å². The smallest absolute Gasteiger partial charge is 0.337 e. The zero-order valence-electron chi connectivity index (χ0n) is 9.66. The maximum Gasteiger partial charge on any atom is 0.337 e. The second-order valence-electron chi connectivity index (χ2n) is 4.02. The summed E-state index contributed by atoms with van der Waals surface area (Å²) in [6.45, 7) is 0.227. The minimum absolute atomic E-state index is 0.0758. The maximum atomic E-state index is 11.9. The van der Waals surface area contributed by atoms with Crippen LogP contribution < -0.4 is 10.0 Å². The van der Waals surface area contributed by atoms with Crippen molar-refractivity contribution in [3.8, 4) is 0 Å². The van der Waals surface area contributed by atoms with Crippen LogP contribution in [-0.2, 0) is 14.8 Å². The molecule has 1 aliphatic rings. The minimum Gasteiger partial charge on any atom is -0.478 e. The summed E-state index contributed by atoms with van der Waals surface area (Å²) in [7, 11) is -3.86. The Morgan fingerprint density at radius 2 is 2.21 bits per heavy atom. The third-order valence-electron chi connectivity index (χ3n) is 2.56. The number of nitrogens with zero attached hydrogens (tertiary/aromatic N) is 1. The van der Waals surface area contributed by atoms with Crippen molar-refractivity contribution in [3.05, 3.63) is 23.9 Å². The Morgan fingerprint density at radius 3 is 2.68 bits per heavy atom. The van der Waals surface area contributed by atoms with E-state index in [0.717, 1.165) is 18.3 Å². The number of pyridine rings is 1. The van der Waals surface area contributed by atoms with Crippen LogP contribution in [0.2, 0.25) is 0 Å². The van der Waals surface area contributed by atoms with Crippen LogP contribution in [0.5, 0.6) is 0 Å². The van der Waals surface area contributed by atoms with Gasteiger partial charge in [-0.2, -0.15) is 0 Å². The molecule has 0 radical (unpaired) electrons. The van der Waals surface area contributed by atoms with Crippen LogP contribution in [0.4, 0.5) is 0 Å². The highest BCUT2D eigenvalue weighted by molar-refractivity contribution is 7.89. The normalized spacial score (nSPS) is 19.2. The molecule has 9 heteroatoms. The molecule has 1 unspecified atom stereocenters. The number of carboxylic acids is 1. The first-order valence-corrected chi connectivity index (χ1v) is 6.85. The van der Waals surface area contributed by atoms with Crippen molar-refractivity contribution >= 4 is 21.9 Å². The van der Waals surface area contributed by atoms with E-state index < -0.39 is 22.0 Å². The Labute approximate surface area is 108 Å². The lowest BCUT2D eigenvalue weighted by Crippen LogP contribution is -2.36. The fourth-order valence-electron chi connectivity index (χ4n) is 1.63. The lowest BCUT2D eigenvalue weighted by atomic mass is 10.3. The summed E-state index contributed by atoms with van der Waals surface area (Å²) in [5.41, 5.74) is -0.100. The Kier molecular flexibility index (Phi) is 3.49. The van der Waals surface area contributed by atoms with Gasteiger partial charge in [0.15, 0.2) is 5.03 Å². The second kappa shape index (κ2) is 4.94. The molecule has 0 aliphatic carbocycles. The third kappa shape index (κ3) is 3.06. The molecule has 102 valence electrons. The molecule has 1 aliphatic heterocycles. The average molecular weight is 285 g/mol. The molecule has 0 spiro atoms. The number of nitrogens with one attached hydrogen (secondary N) is 2. The van der Waals surface area contributed by atoms with Gasteiger partial charge in [0.25, 0.3) is 10.0 Å². The van der Waals surface area contributed by atoms with Crippen molar-refractivity contribution in [3.63, 3.8) is 0 Å². The van der Waals surface area contributed by atoms with Gasteiger partial charge in [-0.15, -0.1) is 0 Å². The SMILES string of the molecule is O=C1CC(NS(=O)(=O)c2ccc(C(=O)O)cn2)CN1. The number of rotatable bonds is 4. The van der Waals surface area contributed by atoms with Gasteiger partial charge in [-0.05, 0) is 12.1 Å². The molecule has 8 nitrogen and oxygen atoms in total. The van der Waals surface area contributed by atoms with Gasteiger partial charge < -0.3 is 10.4 Å². The first-order chi connectivity index (χ1) is 8.88. The first kappa shape index (κ1) is 13.4. The predicted molar refractivity (Wildman–Crippen MR) is 62.9 cm³/mol. The average Bonchev–Trinajstić information content (AvgIpc) is 2.74. The summed E-state index contributed by atoms with van der Waals surface area (Å²) in [5.74, 6) is -1.41. The second-order valence-corrected chi connectivity index (χ2v) is 5.68. The van der Waals surface area contributed by atoms with Gasteiger partial charge in [-0.1, -0.05) is 0 Å². The topological polar surface area (TPSA) is 125 Å². The van der Waals surface area contributed by atoms with E-state index in [-0.39, 0.29) is 29.5 Å². The van der Waals surface area contributed by atoms with Gasteiger partial charge >= 0.3 is 5.97 Å². The van der Waals surface area contributed by atoms with Gasteiger partial charge in [0.1, 0.15) is 0 Å². The fraction of sp³-hybridized carbons (Fsp3) is 0.300. The molecule has 0 aromatic carbocycles. The number of aromatic carboxylic acids is 1. The van der Waals surface area contributed by atoms with E-state index in [1.165, 1.54) is 0 Å². The number of amides is 1. The number of carbonyl (C=O) groups is 2. The highest BCUT2D eigenvalue weighted by Gasteiger charge is 2.27. The summed E-state index contributed by atoms with van der Waals surface area (Å²) in [5, 5.41) is 10.9. The van der Waals surface area contributed by atoms with Crippen molar-refractivity contribution in [2.75, 3.05) is 6.54 Å². The van der Waals surface area contributed by atoms with E-state index in [1.54, 1.807) is 0 Å². The standard InChI is InChI=1S/C10H11N3O5S/c14-8-3-7(5-11-8)13-19(17,18)9-2-1-6(4-12-9)10(15)16/h1-2,4,7,13H,3,5H2,(H,11,14)(H,15,16). The van der Waals surface area contributed by atoms with Crippen LogP contribution in [0.25, 0.3) is 0 Å².